The summed E-state index contributed by atoms with van der Waals surface area (Å²) >= 11 is 0. The van der Waals surface area contributed by atoms with Gasteiger partial charge in [-0.15, -0.1) is 0 Å². The van der Waals surface area contributed by atoms with Crippen molar-refractivity contribution in [3.63, 3.8) is 0 Å². The Hall–Kier alpha value is -3.21. The molecule has 3 heterocycles. The highest BCUT2D eigenvalue weighted by Crippen LogP contribution is 2.26. The predicted octanol–water partition coefficient (Wildman–Crippen LogP) is 3.46. The lowest BCUT2D eigenvalue weighted by Gasteiger charge is -2.08. The summed E-state index contributed by atoms with van der Waals surface area (Å²) in [7, 11) is 1.80. The maximum absolute atomic E-state index is 12.9. The van der Waals surface area contributed by atoms with E-state index in [0.717, 1.165) is 10.9 Å². The van der Waals surface area contributed by atoms with Crippen molar-refractivity contribution < 1.29 is 9.21 Å². The van der Waals surface area contributed by atoms with E-state index in [0.29, 0.717) is 22.8 Å². The van der Waals surface area contributed by atoms with Crippen LogP contribution >= 0.6 is 0 Å². The number of fused-ring (bicyclic) bond motifs is 1. The van der Waals surface area contributed by atoms with Gasteiger partial charge in [-0.05, 0) is 24.3 Å². The van der Waals surface area contributed by atoms with Gasteiger partial charge in [0.15, 0.2) is 11.6 Å². The van der Waals surface area contributed by atoms with E-state index in [1.807, 2.05) is 30.3 Å². The van der Waals surface area contributed by atoms with E-state index in [9.17, 15) is 4.79 Å². The number of imidazole rings is 1. The largest absolute Gasteiger partial charge is 0.463 e. The molecule has 0 N–H and O–H groups in total. The molecule has 0 aliphatic heterocycles. The molecule has 0 saturated carbocycles. The number of furan rings is 1. The molecule has 0 fully saturated rings. The second-order valence-electron chi connectivity index (χ2n) is 5.24. The number of aryl methyl sites for hydroxylation is 1. The number of nitrogens with zero attached hydrogens (tertiary/aromatic N) is 3. The van der Waals surface area contributed by atoms with Crippen LogP contribution in [0.1, 0.15) is 16.2 Å². The first-order chi connectivity index (χ1) is 11.2. The molecule has 23 heavy (non-hydrogen) atoms. The lowest BCUT2D eigenvalue weighted by Crippen LogP contribution is -2.10. The van der Waals surface area contributed by atoms with Crippen LogP contribution in [-0.4, -0.2) is 20.3 Å². The van der Waals surface area contributed by atoms with Crippen LogP contribution < -0.4 is 0 Å². The number of aromatic nitrogens is 3. The second-order valence-corrected chi connectivity index (χ2v) is 5.24. The van der Waals surface area contributed by atoms with Crippen molar-refractivity contribution >= 4 is 16.7 Å². The zero-order chi connectivity index (χ0) is 15.8. The maximum Gasteiger partial charge on any atom is 0.229 e. The fourth-order valence-corrected chi connectivity index (χ4v) is 2.62. The number of carbonyl (C=O) groups is 1. The van der Waals surface area contributed by atoms with Crippen LogP contribution in [0.5, 0.6) is 0 Å². The quantitative estimate of drug-likeness (QED) is 0.544. The van der Waals surface area contributed by atoms with Gasteiger partial charge in [0.2, 0.25) is 5.78 Å². The standard InChI is InChI=1S/C18H13N3O2/c1-21-9-8-19-18(21)17(22)13-11-15(16-7-4-10-23-16)20-14-6-3-2-5-12(13)14/h2-11H,1H3. The number of hydrogen-bond donors (Lipinski definition) is 0. The Kier molecular flexibility index (Phi) is 3.05. The van der Waals surface area contributed by atoms with Crippen LogP contribution in [0, 0.1) is 0 Å². The fraction of sp³-hybridized carbons (Fsp3) is 0.0556. The highest BCUT2D eigenvalue weighted by molar-refractivity contribution is 6.15. The normalized spacial score (nSPS) is 11.0. The first kappa shape index (κ1) is 13.5. The van der Waals surface area contributed by atoms with Crippen molar-refractivity contribution in [1.29, 1.82) is 0 Å². The van der Waals surface area contributed by atoms with Gasteiger partial charge in [-0.25, -0.2) is 9.97 Å². The Morgan fingerprint density at radius 3 is 2.78 bits per heavy atom. The van der Waals surface area contributed by atoms with Crippen LogP contribution in [0.15, 0.2) is 65.5 Å². The van der Waals surface area contributed by atoms with E-state index in [1.54, 1.807) is 42.4 Å². The van der Waals surface area contributed by atoms with Crippen LogP contribution in [0.25, 0.3) is 22.4 Å². The SMILES string of the molecule is Cn1ccnc1C(=O)c1cc(-c2ccco2)nc2ccccc12. The minimum absolute atomic E-state index is 0.135. The average molecular weight is 303 g/mol. The van der Waals surface area contributed by atoms with Crippen LogP contribution in [0.4, 0.5) is 0 Å². The third-order valence-corrected chi connectivity index (χ3v) is 3.76. The third-order valence-electron chi connectivity index (χ3n) is 3.76. The summed E-state index contributed by atoms with van der Waals surface area (Å²) in [6, 6.07) is 13.0. The molecule has 112 valence electrons. The fourth-order valence-electron chi connectivity index (χ4n) is 2.62. The molecule has 1 aromatic carbocycles. The highest BCUT2D eigenvalue weighted by atomic mass is 16.3. The van der Waals surface area contributed by atoms with Crippen molar-refractivity contribution in [2.24, 2.45) is 7.05 Å². The van der Waals surface area contributed by atoms with Gasteiger partial charge in [0, 0.05) is 30.4 Å². The van der Waals surface area contributed by atoms with Crippen molar-refractivity contribution in [1.82, 2.24) is 14.5 Å². The van der Waals surface area contributed by atoms with E-state index in [-0.39, 0.29) is 5.78 Å². The molecule has 4 aromatic rings. The zero-order valence-corrected chi connectivity index (χ0v) is 12.4. The Bertz CT molecular complexity index is 1000. The molecule has 0 aliphatic rings. The van der Waals surface area contributed by atoms with E-state index in [1.165, 1.54) is 0 Å². The summed E-state index contributed by atoms with van der Waals surface area (Å²) in [4.78, 5) is 21.7. The van der Waals surface area contributed by atoms with E-state index in [4.69, 9.17) is 4.42 Å². The summed E-state index contributed by atoms with van der Waals surface area (Å²) in [5.74, 6) is 0.889. The van der Waals surface area contributed by atoms with Crippen molar-refractivity contribution in [3.8, 4) is 11.5 Å². The first-order valence-electron chi connectivity index (χ1n) is 7.20. The lowest BCUT2D eigenvalue weighted by molar-refractivity contribution is 0.102. The molecule has 0 bridgehead atoms. The molecular weight excluding hydrogens is 290 g/mol. The number of ketones is 1. The molecule has 0 unspecified atom stereocenters. The molecule has 4 rings (SSSR count). The number of rotatable bonds is 3. The van der Waals surface area contributed by atoms with Gasteiger partial charge in [-0.1, -0.05) is 18.2 Å². The predicted molar refractivity (Wildman–Crippen MR) is 86.1 cm³/mol. The number of carbonyl (C=O) groups excluding carboxylic acids is 1. The zero-order valence-electron chi connectivity index (χ0n) is 12.4. The average Bonchev–Trinajstić information content (AvgIpc) is 3.24. The molecular formula is C18H13N3O2. The van der Waals surface area contributed by atoms with Crippen LogP contribution in [0.3, 0.4) is 0 Å². The molecule has 5 heteroatoms. The summed E-state index contributed by atoms with van der Waals surface area (Å²) < 4.78 is 7.14. The van der Waals surface area contributed by atoms with Gasteiger partial charge in [0.25, 0.3) is 0 Å². The molecule has 0 saturated heterocycles. The van der Waals surface area contributed by atoms with Gasteiger partial charge >= 0.3 is 0 Å². The number of para-hydroxylation sites is 1. The Morgan fingerprint density at radius 2 is 2.04 bits per heavy atom. The number of hydrogen-bond acceptors (Lipinski definition) is 4. The Labute approximate surface area is 132 Å². The maximum atomic E-state index is 12.9. The molecule has 3 aromatic heterocycles. The van der Waals surface area contributed by atoms with Gasteiger partial charge in [0.1, 0.15) is 5.69 Å². The molecule has 0 amide bonds. The third kappa shape index (κ3) is 2.23. The van der Waals surface area contributed by atoms with Gasteiger partial charge in [0.05, 0.1) is 11.8 Å². The van der Waals surface area contributed by atoms with E-state index < -0.39 is 0 Å². The van der Waals surface area contributed by atoms with Crippen molar-refractivity contribution in [2.45, 2.75) is 0 Å². The Balaban J connectivity index is 1.97. The van der Waals surface area contributed by atoms with Crippen LogP contribution in [0.2, 0.25) is 0 Å². The summed E-state index contributed by atoms with van der Waals surface area (Å²) in [6.45, 7) is 0. The van der Waals surface area contributed by atoms with Crippen molar-refractivity contribution in [3.05, 3.63) is 72.5 Å². The minimum atomic E-state index is -0.135. The highest BCUT2D eigenvalue weighted by Gasteiger charge is 2.19. The van der Waals surface area contributed by atoms with Gasteiger partial charge < -0.3 is 8.98 Å². The first-order valence-corrected chi connectivity index (χ1v) is 7.20. The minimum Gasteiger partial charge on any atom is -0.463 e. The number of benzene rings is 1. The second kappa shape index (κ2) is 5.21. The number of pyridine rings is 1. The summed E-state index contributed by atoms with van der Waals surface area (Å²) in [5.41, 5.74) is 1.95. The lowest BCUT2D eigenvalue weighted by atomic mass is 10.0. The van der Waals surface area contributed by atoms with Gasteiger partial charge in [-0.2, -0.15) is 0 Å². The molecule has 5 nitrogen and oxygen atoms in total. The summed E-state index contributed by atoms with van der Waals surface area (Å²) in [6.07, 6.45) is 4.96. The molecule has 0 radical (unpaired) electrons. The van der Waals surface area contributed by atoms with E-state index in [2.05, 4.69) is 9.97 Å². The molecule has 0 spiro atoms. The molecule has 0 atom stereocenters. The Morgan fingerprint density at radius 1 is 1.17 bits per heavy atom. The van der Waals surface area contributed by atoms with Crippen molar-refractivity contribution in [2.75, 3.05) is 0 Å². The molecule has 0 aliphatic carbocycles. The smallest absolute Gasteiger partial charge is 0.229 e. The monoisotopic (exact) mass is 303 g/mol. The topological polar surface area (TPSA) is 60.9 Å². The summed E-state index contributed by atoms with van der Waals surface area (Å²) in [5, 5.41) is 0.802. The van der Waals surface area contributed by atoms with Gasteiger partial charge in [-0.3, -0.25) is 4.79 Å². The van der Waals surface area contributed by atoms with E-state index >= 15 is 0 Å². The van der Waals surface area contributed by atoms with Crippen LogP contribution in [-0.2, 0) is 7.05 Å².